The summed E-state index contributed by atoms with van der Waals surface area (Å²) in [4.78, 5) is 55.8. The number of benzene rings is 1. The molecule has 16 heteroatoms. The third-order valence-corrected chi connectivity index (χ3v) is 17.4. The van der Waals surface area contributed by atoms with Crippen molar-refractivity contribution in [2.45, 2.75) is 206 Å². The van der Waals surface area contributed by atoms with Crippen LogP contribution in [0.4, 0.5) is 5.69 Å². The van der Waals surface area contributed by atoms with E-state index >= 15 is 0 Å². The number of nitrogens with one attached hydrogen (secondary N) is 1. The predicted octanol–water partition coefficient (Wildman–Crippen LogP) is 8.01. The first-order valence-corrected chi connectivity index (χ1v) is 27.4. The number of hydrogen-bond donors (Lipinski definition) is 3. The molecule has 0 aromatic heterocycles. The van der Waals surface area contributed by atoms with Crippen molar-refractivity contribution in [2.24, 2.45) is 41.4 Å². The molecule has 3 N–H and O–H groups in total. The number of carbonyl (C=O) groups excluding carboxylic acids is 4. The van der Waals surface area contributed by atoms with Crippen molar-refractivity contribution in [3.63, 3.8) is 0 Å². The Balaban J connectivity index is 1.08. The highest BCUT2D eigenvalue weighted by molar-refractivity contribution is 5.98. The number of nitrogens with zero attached hydrogens (tertiary/aromatic N) is 2. The summed E-state index contributed by atoms with van der Waals surface area (Å²) in [5.74, 6) is -6.90. The van der Waals surface area contributed by atoms with Gasteiger partial charge < -0.3 is 53.6 Å². The van der Waals surface area contributed by atoms with Crippen LogP contribution in [0.3, 0.4) is 0 Å². The SMILES string of the molecule is CCC(C(=O)NCCOC(=O)/C(C#N)=C/c1ccc(N(C)C)cc1)[C@H]1CC[C@H](C)[C@H]([C@@H](C)[C@H](O)[C@H](C)C(=O)[C@H](CC)[C@H]2O[C@]3(C=C[C@@H](OC(C)=O)[C@]4(CC[C@@](C)([C@H]5CC[C@](O)(CC)[C@H](C)O5)O4)O3)[C@H](C)C[C@@H]2C)O1. The summed E-state index contributed by atoms with van der Waals surface area (Å²) < 4.78 is 45.7. The first kappa shape index (κ1) is 59.0. The van der Waals surface area contributed by atoms with Crippen LogP contribution in [0.15, 0.2) is 42.0 Å². The molecule has 5 aliphatic rings. The van der Waals surface area contributed by atoms with Crippen molar-refractivity contribution in [3.05, 3.63) is 47.6 Å². The molecule has 1 unspecified atom stereocenters. The lowest BCUT2D eigenvalue weighted by Crippen LogP contribution is -2.63. The Morgan fingerprint density at radius 1 is 0.932 bits per heavy atom. The van der Waals surface area contributed by atoms with Crippen molar-refractivity contribution in [1.29, 1.82) is 5.26 Å². The largest absolute Gasteiger partial charge is 0.460 e. The van der Waals surface area contributed by atoms with E-state index < -0.39 is 95.0 Å². The van der Waals surface area contributed by atoms with Crippen molar-refractivity contribution in [2.75, 3.05) is 32.1 Å². The number of hydrogen-bond acceptors (Lipinski definition) is 15. The van der Waals surface area contributed by atoms with E-state index in [1.165, 1.54) is 13.0 Å². The van der Waals surface area contributed by atoms with E-state index in [1.807, 2.05) is 96.9 Å². The molecule has 0 saturated carbocycles. The van der Waals surface area contributed by atoms with Crippen LogP contribution < -0.4 is 10.2 Å². The van der Waals surface area contributed by atoms with Gasteiger partial charge in [0.15, 0.2) is 11.9 Å². The van der Waals surface area contributed by atoms with Gasteiger partial charge in [-0.25, -0.2) is 4.79 Å². The van der Waals surface area contributed by atoms with Crippen LogP contribution in [0.2, 0.25) is 0 Å². The van der Waals surface area contributed by atoms with Gasteiger partial charge in [-0.1, -0.05) is 67.5 Å². The van der Waals surface area contributed by atoms with Crippen molar-refractivity contribution < 1.29 is 62.5 Å². The first-order chi connectivity index (χ1) is 34.9. The topological polar surface area (TPSA) is 212 Å². The Labute approximate surface area is 440 Å². The molecule has 0 bridgehead atoms. The zero-order valence-electron chi connectivity index (χ0n) is 46.4. The average molecular weight is 1030 g/mol. The van der Waals surface area contributed by atoms with Crippen LogP contribution in [0.25, 0.3) is 6.08 Å². The number of aliphatic hydroxyl groups is 2. The van der Waals surface area contributed by atoms with Gasteiger partial charge in [0.05, 0.1) is 60.3 Å². The number of Topliss-reactive ketones (excluding diaryl/α,β-unsaturated/α-hetero) is 1. The summed E-state index contributed by atoms with van der Waals surface area (Å²) in [6, 6.07) is 9.30. The third kappa shape index (κ3) is 12.6. The molecule has 74 heavy (non-hydrogen) atoms. The number of amides is 1. The van der Waals surface area contributed by atoms with Gasteiger partial charge in [-0.2, -0.15) is 5.26 Å². The summed E-state index contributed by atoms with van der Waals surface area (Å²) in [5.41, 5.74) is -0.241. The van der Waals surface area contributed by atoms with Gasteiger partial charge in [-0.05, 0) is 119 Å². The van der Waals surface area contributed by atoms with E-state index in [9.17, 15) is 34.7 Å². The fraction of sp³-hybridized carbons (Fsp3) is 0.741. The lowest BCUT2D eigenvalue weighted by molar-refractivity contribution is -0.409. The Hall–Kier alpha value is -4.21. The highest BCUT2D eigenvalue weighted by atomic mass is 16.8. The second-order valence-electron chi connectivity index (χ2n) is 22.7. The van der Waals surface area contributed by atoms with Gasteiger partial charge in [0.1, 0.15) is 24.0 Å². The molecule has 4 saturated heterocycles. The number of ketones is 1. The van der Waals surface area contributed by atoms with E-state index in [0.717, 1.165) is 12.1 Å². The maximum atomic E-state index is 14.8. The molecule has 2 spiro atoms. The van der Waals surface area contributed by atoms with E-state index in [2.05, 4.69) is 26.1 Å². The first-order valence-electron chi connectivity index (χ1n) is 27.4. The molecule has 18 atom stereocenters. The number of anilines is 1. The predicted molar refractivity (Wildman–Crippen MR) is 279 cm³/mol. The quantitative estimate of drug-likeness (QED) is 0.0394. The smallest absolute Gasteiger partial charge is 0.348 e. The molecular weight excluding hydrogens is 947 g/mol. The van der Waals surface area contributed by atoms with Crippen LogP contribution >= 0.6 is 0 Å². The number of nitriles is 1. The summed E-state index contributed by atoms with van der Waals surface area (Å²) in [6.07, 6.45) is 6.59. The highest BCUT2D eigenvalue weighted by Gasteiger charge is 2.64. The number of ether oxygens (including phenoxy) is 7. The number of rotatable bonds is 19. The second-order valence-corrected chi connectivity index (χ2v) is 22.7. The molecule has 1 amide bonds. The van der Waals surface area contributed by atoms with E-state index in [1.54, 1.807) is 13.0 Å². The lowest BCUT2D eigenvalue weighted by atomic mass is 9.72. The van der Waals surface area contributed by atoms with Gasteiger partial charge in [0, 0.05) is 56.8 Å². The number of aliphatic hydroxyl groups excluding tert-OH is 1. The van der Waals surface area contributed by atoms with E-state index in [-0.39, 0.29) is 54.3 Å². The van der Waals surface area contributed by atoms with E-state index in [4.69, 9.17) is 33.2 Å². The minimum atomic E-state index is -1.41. The van der Waals surface area contributed by atoms with Crippen LogP contribution in [0.1, 0.15) is 146 Å². The summed E-state index contributed by atoms with van der Waals surface area (Å²) in [7, 11) is 3.84. The van der Waals surface area contributed by atoms with Gasteiger partial charge in [0.2, 0.25) is 11.7 Å². The summed E-state index contributed by atoms with van der Waals surface area (Å²) in [6.45, 7) is 20.9. The zero-order chi connectivity index (χ0) is 54.5. The van der Waals surface area contributed by atoms with Gasteiger partial charge >= 0.3 is 11.9 Å². The van der Waals surface area contributed by atoms with Crippen molar-refractivity contribution in [3.8, 4) is 6.07 Å². The maximum absolute atomic E-state index is 14.8. The van der Waals surface area contributed by atoms with Crippen LogP contribution in [-0.2, 0) is 52.3 Å². The van der Waals surface area contributed by atoms with Crippen molar-refractivity contribution in [1.82, 2.24) is 5.32 Å². The van der Waals surface area contributed by atoms with Crippen molar-refractivity contribution >= 4 is 35.4 Å². The fourth-order valence-electron chi connectivity index (χ4n) is 12.5. The summed E-state index contributed by atoms with van der Waals surface area (Å²) >= 11 is 0. The fourth-order valence-corrected chi connectivity index (χ4v) is 12.5. The Morgan fingerprint density at radius 2 is 1.62 bits per heavy atom. The monoisotopic (exact) mass is 1030 g/mol. The standard InChI is InChI=1S/C58H87N3O13/c1-14-44(53(65)60-29-30-68-54(66)42(33-59)32-41-18-20-43(21-19-41)61(12)13)46-22-17-34(4)51(71-46)38(8)49(63)37(7)50(64)45(15-2)52-35(5)31-36(6)57(72-52)26-24-48(70-40(10)62)58(74-57)28-27-55(11,73-58)47-23-25-56(67,16-3)39(9)69-47/h18-21,24,26,32,34-39,44-49,51-52,63,67H,14-17,22-23,25,27-31H2,1-13H3,(H,60,65)/b42-32+/t34-,35-,36+,37-,38-,39-,44?,45-,46+,47+,48+,49+,51+,52-,55-,56+,57-,58-/m0/s1. The number of esters is 2. The lowest BCUT2D eigenvalue weighted by Gasteiger charge is -2.54. The molecular formula is C58H87N3O13. The van der Waals surface area contributed by atoms with Crippen LogP contribution in [0, 0.1) is 52.8 Å². The number of carbonyl (C=O) groups is 4. The molecule has 4 fully saturated rings. The maximum Gasteiger partial charge on any atom is 0.348 e. The Bertz CT molecular complexity index is 2230. The molecule has 6 rings (SSSR count). The molecule has 1 aromatic carbocycles. The summed E-state index contributed by atoms with van der Waals surface area (Å²) in [5, 5.41) is 35.8. The molecule has 5 aliphatic heterocycles. The van der Waals surface area contributed by atoms with Crippen LogP contribution in [0.5, 0.6) is 0 Å². The highest BCUT2D eigenvalue weighted by Crippen LogP contribution is 2.55. The van der Waals surface area contributed by atoms with E-state index in [0.29, 0.717) is 63.4 Å². The van der Waals surface area contributed by atoms with Gasteiger partial charge in [-0.3, -0.25) is 14.4 Å². The zero-order valence-corrected chi connectivity index (χ0v) is 46.4. The Kier molecular flexibility index (Phi) is 19.5. The van der Waals surface area contributed by atoms with Gasteiger partial charge in [0.25, 0.3) is 0 Å². The molecule has 16 nitrogen and oxygen atoms in total. The minimum absolute atomic E-state index is 0.0437. The van der Waals surface area contributed by atoms with Gasteiger partial charge in [-0.15, -0.1) is 0 Å². The third-order valence-electron chi connectivity index (χ3n) is 17.4. The molecule has 0 aliphatic carbocycles. The molecule has 412 valence electrons. The normalized spacial score (nSPS) is 36.2. The molecule has 1 aromatic rings. The Morgan fingerprint density at radius 3 is 2.23 bits per heavy atom. The second kappa shape index (κ2) is 24.4. The van der Waals surface area contributed by atoms with Crippen LogP contribution in [-0.4, -0.2) is 127 Å². The molecule has 5 heterocycles. The molecule has 0 radical (unpaired) electrons. The average Bonchev–Trinajstić information content (AvgIpc) is 3.71. The minimum Gasteiger partial charge on any atom is -0.460 e.